The maximum atomic E-state index is 12.4. The third kappa shape index (κ3) is 5.32. The van der Waals surface area contributed by atoms with Crippen LogP contribution in [0, 0.1) is 22.7 Å². The largest absolute Gasteiger partial charge is 0.466 e. The first-order valence-electron chi connectivity index (χ1n) is 8.29. The van der Waals surface area contributed by atoms with Gasteiger partial charge < -0.3 is 9.47 Å². The second-order valence-corrected chi connectivity index (χ2v) is 5.35. The molecule has 0 bridgehead atoms. The van der Waals surface area contributed by atoms with E-state index < -0.39 is 23.3 Å². The van der Waals surface area contributed by atoms with Crippen LogP contribution in [0.3, 0.4) is 0 Å². The van der Waals surface area contributed by atoms with Crippen molar-refractivity contribution < 1.29 is 19.1 Å². The number of unbranched alkanes of at least 4 members (excludes halogenated alkanes) is 2. The summed E-state index contributed by atoms with van der Waals surface area (Å²) in [4.78, 5) is 24.8. The van der Waals surface area contributed by atoms with Crippen LogP contribution in [-0.2, 0) is 19.1 Å². The van der Waals surface area contributed by atoms with E-state index in [0.717, 1.165) is 19.3 Å². The summed E-state index contributed by atoms with van der Waals surface area (Å²) in [7, 11) is 0. The summed E-state index contributed by atoms with van der Waals surface area (Å²) in [5, 5.41) is 9.69. The molecule has 0 rings (SSSR count). The van der Waals surface area contributed by atoms with E-state index in [1.807, 2.05) is 6.92 Å². The second kappa shape index (κ2) is 11.1. The minimum atomic E-state index is -1.44. The second-order valence-electron chi connectivity index (χ2n) is 5.35. The highest BCUT2D eigenvalue weighted by atomic mass is 16.5. The average molecular weight is 311 g/mol. The summed E-state index contributed by atoms with van der Waals surface area (Å²) in [6.07, 6.45) is 4.13. The maximum absolute atomic E-state index is 12.4. The Balaban J connectivity index is 5.54. The van der Waals surface area contributed by atoms with Crippen LogP contribution in [0.5, 0.6) is 0 Å². The average Bonchev–Trinajstić information content (AvgIpc) is 2.50. The van der Waals surface area contributed by atoms with Crippen LogP contribution in [-0.4, -0.2) is 25.2 Å². The Kier molecular flexibility index (Phi) is 10.3. The molecule has 0 aliphatic heterocycles. The zero-order valence-electron chi connectivity index (χ0n) is 14.3. The Morgan fingerprint density at radius 2 is 1.68 bits per heavy atom. The van der Waals surface area contributed by atoms with E-state index in [1.165, 1.54) is 0 Å². The number of nitriles is 1. The molecule has 22 heavy (non-hydrogen) atoms. The number of hydrogen-bond donors (Lipinski definition) is 0. The molecular formula is C17H29NO4. The van der Waals surface area contributed by atoms with E-state index in [2.05, 4.69) is 13.0 Å². The van der Waals surface area contributed by atoms with Crippen LogP contribution in [0.2, 0.25) is 0 Å². The normalized spacial score (nSPS) is 14.5. The van der Waals surface area contributed by atoms with Gasteiger partial charge in [0.1, 0.15) is 0 Å². The van der Waals surface area contributed by atoms with Gasteiger partial charge in [0.2, 0.25) is 0 Å². The predicted molar refractivity (Wildman–Crippen MR) is 83.9 cm³/mol. The van der Waals surface area contributed by atoms with Crippen LogP contribution in [0.25, 0.3) is 0 Å². The number of hydrogen-bond acceptors (Lipinski definition) is 5. The predicted octanol–water partition coefficient (Wildman–Crippen LogP) is 3.62. The molecule has 2 unspecified atom stereocenters. The number of nitrogens with zero attached hydrogens (tertiary/aromatic N) is 1. The fourth-order valence-corrected chi connectivity index (χ4v) is 2.66. The lowest BCUT2D eigenvalue weighted by Gasteiger charge is -2.31. The lowest BCUT2D eigenvalue weighted by Crippen LogP contribution is -2.43. The van der Waals surface area contributed by atoms with Gasteiger partial charge >= 0.3 is 11.9 Å². The first-order chi connectivity index (χ1) is 10.5. The zero-order valence-corrected chi connectivity index (χ0v) is 14.3. The molecule has 5 nitrogen and oxygen atoms in total. The van der Waals surface area contributed by atoms with Gasteiger partial charge in [-0.2, -0.15) is 5.26 Å². The van der Waals surface area contributed by atoms with Crippen molar-refractivity contribution in [1.82, 2.24) is 0 Å². The van der Waals surface area contributed by atoms with Crippen LogP contribution >= 0.6 is 0 Å². The number of carbonyl (C=O) groups is 2. The minimum Gasteiger partial charge on any atom is -0.466 e. The minimum absolute atomic E-state index is 0.191. The van der Waals surface area contributed by atoms with Gasteiger partial charge in [-0.25, -0.2) is 0 Å². The van der Waals surface area contributed by atoms with E-state index in [4.69, 9.17) is 9.47 Å². The third-order valence-electron chi connectivity index (χ3n) is 3.75. The van der Waals surface area contributed by atoms with E-state index in [-0.39, 0.29) is 13.2 Å². The molecule has 0 aliphatic carbocycles. The summed E-state index contributed by atoms with van der Waals surface area (Å²) in [6, 6.07) is 2.09. The number of carbonyl (C=O) groups excluding carboxylic acids is 2. The monoisotopic (exact) mass is 311 g/mol. The van der Waals surface area contributed by atoms with E-state index >= 15 is 0 Å². The first-order valence-corrected chi connectivity index (χ1v) is 8.29. The number of ether oxygens (including phenoxy) is 2. The molecule has 0 saturated carbocycles. The van der Waals surface area contributed by atoms with Gasteiger partial charge in [0.05, 0.1) is 25.2 Å². The Hall–Kier alpha value is -1.57. The Labute approximate surface area is 134 Å². The standard InChI is InChI=1S/C17H29NO4/c1-5-9-10-11-14(15(19)21-7-3)17(13-18,12-6-2)16(20)22-8-4/h14H,5-12H2,1-4H3. The van der Waals surface area contributed by atoms with Crippen molar-refractivity contribution in [3.8, 4) is 6.07 Å². The molecule has 0 saturated heterocycles. The zero-order chi connectivity index (χ0) is 17.0. The van der Waals surface area contributed by atoms with Crippen molar-refractivity contribution in [2.24, 2.45) is 11.3 Å². The SMILES string of the molecule is CCCCCC(C(=O)OCC)C(C#N)(CCC)C(=O)OCC. The highest BCUT2D eigenvalue weighted by Crippen LogP contribution is 2.38. The summed E-state index contributed by atoms with van der Waals surface area (Å²) in [5.41, 5.74) is -1.44. The van der Waals surface area contributed by atoms with Gasteiger partial charge in [0.15, 0.2) is 5.41 Å². The molecule has 126 valence electrons. The number of rotatable bonds is 11. The molecule has 0 aliphatic rings. The Morgan fingerprint density at radius 3 is 2.14 bits per heavy atom. The van der Waals surface area contributed by atoms with Crippen molar-refractivity contribution in [3.63, 3.8) is 0 Å². The van der Waals surface area contributed by atoms with Crippen LogP contribution < -0.4 is 0 Å². The molecule has 0 fully saturated rings. The summed E-state index contributed by atoms with van der Waals surface area (Å²) in [6.45, 7) is 7.80. The maximum Gasteiger partial charge on any atom is 0.327 e. The summed E-state index contributed by atoms with van der Waals surface area (Å²) in [5.74, 6) is -1.83. The Morgan fingerprint density at radius 1 is 1.05 bits per heavy atom. The topological polar surface area (TPSA) is 76.4 Å². The van der Waals surface area contributed by atoms with Gasteiger partial charge in [-0.1, -0.05) is 39.5 Å². The molecule has 0 aromatic rings. The molecule has 5 heteroatoms. The van der Waals surface area contributed by atoms with Crippen molar-refractivity contribution >= 4 is 11.9 Å². The molecule has 0 aromatic heterocycles. The van der Waals surface area contributed by atoms with Crippen LogP contribution in [0.15, 0.2) is 0 Å². The van der Waals surface area contributed by atoms with Gasteiger partial charge in [-0.15, -0.1) is 0 Å². The lowest BCUT2D eigenvalue weighted by molar-refractivity contribution is -0.166. The van der Waals surface area contributed by atoms with Crippen molar-refractivity contribution in [2.75, 3.05) is 13.2 Å². The molecular weight excluding hydrogens is 282 g/mol. The van der Waals surface area contributed by atoms with E-state index in [0.29, 0.717) is 19.3 Å². The van der Waals surface area contributed by atoms with E-state index in [9.17, 15) is 14.9 Å². The molecule has 0 amide bonds. The van der Waals surface area contributed by atoms with E-state index in [1.54, 1.807) is 13.8 Å². The highest BCUT2D eigenvalue weighted by Gasteiger charge is 2.50. The fourth-order valence-electron chi connectivity index (χ4n) is 2.66. The molecule has 2 atom stereocenters. The van der Waals surface area contributed by atoms with Crippen LogP contribution in [0.1, 0.15) is 66.2 Å². The highest BCUT2D eigenvalue weighted by molar-refractivity contribution is 5.88. The van der Waals surface area contributed by atoms with Crippen molar-refractivity contribution in [1.29, 1.82) is 5.26 Å². The van der Waals surface area contributed by atoms with Gasteiger partial charge in [0, 0.05) is 0 Å². The van der Waals surface area contributed by atoms with Crippen molar-refractivity contribution in [2.45, 2.75) is 66.2 Å². The molecule has 0 radical (unpaired) electrons. The van der Waals surface area contributed by atoms with Crippen LogP contribution in [0.4, 0.5) is 0 Å². The van der Waals surface area contributed by atoms with Gasteiger partial charge in [-0.3, -0.25) is 9.59 Å². The first kappa shape index (κ1) is 20.4. The molecule has 0 aromatic carbocycles. The van der Waals surface area contributed by atoms with Crippen molar-refractivity contribution in [3.05, 3.63) is 0 Å². The molecule has 0 N–H and O–H groups in total. The quantitative estimate of drug-likeness (QED) is 0.430. The van der Waals surface area contributed by atoms with Gasteiger partial charge in [-0.05, 0) is 26.7 Å². The molecule has 0 spiro atoms. The Bertz CT molecular complexity index is 389. The molecule has 0 heterocycles. The lowest BCUT2D eigenvalue weighted by atomic mass is 9.71. The summed E-state index contributed by atoms with van der Waals surface area (Å²) >= 11 is 0. The number of esters is 2. The third-order valence-corrected chi connectivity index (χ3v) is 3.75. The van der Waals surface area contributed by atoms with Gasteiger partial charge in [0.25, 0.3) is 0 Å². The fraction of sp³-hybridized carbons (Fsp3) is 0.824. The summed E-state index contributed by atoms with van der Waals surface area (Å²) < 4.78 is 10.2. The smallest absolute Gasteiger partial charge is 0.327 e.